The van der Waals surface area contributed by atoms with Crippen LogP contribution in [0.5, 0.6) is 0 Å². The van der Waals surface area contributed by atoms with Crippen LogP contribution in [0.25, 0.3) is 0 Å². The number of likely N-dealkylation sites (tertiary alicyclic amines) is 1. The van der Waals surface area contributed by atoms with Crippen LogP contribution in [-0.2, 0) is 0 Å². The molecule has 0 spiro atoms. The fraction of sp³-hybridized carbons (Fsp3) is 0.400. The molecular weight excluding hydrogens is 309 g/mol. The van der Waals surface area contributed by atoms with Gasteiger partial charge in [-0.2, -0.15) is 4.98 Å². The van der Waals surface area contributed by atoms with E-state index in [0.29, 0.717) is 36.8 Å². The van der Waals surface area contributed by atoms with Gasteiger partial charge in [-0.3, -0.25) is 4.79 Å². The lowest BCUT2D eigenvalue weighted by Gasteiger charge is -2.17. The second kappa shape index (κ2) is 5.68. The summed E-state index contributed by atoms with van der Waals surface area (Å²) < 4.78 is 19.3. The normalized spacial score (nSPS) is 18.0. The van der Waals surface area contributed by atoms with Crippen molar-refractivity contribution in [3.05, 3.63) is 45.8 Å². The molecule has 2 heterocycles. The number of hydrogen-bond acceptors (Lipinski definition) is 4. The minimum atomic E-state index is -0.663. The molecule has 0 bridgehead atoms. The van der Waals surface area contributed by atoms with Crippen molar-refractivity contribution in [2.75, 3.05) is 13.1 Å². The Labute approximate surface area is 132 Å². The van der Waals surface area contributed by atoms with Crippen LogP contribution >= 0.6 is 11.6 Å². The third-order valence-electron chi connectivity index (χ3n) is 3.87. The van der Waals surface area contributed by atoms with Crippen LogP contribution in [0.4, 0.5) is 4.39 Å². The fourth-order valence-electron chi connectivity index (χ4n) is 2.61. The Kier molecular flexibility index (Phi) is 3.87. The largest absolute Gasteiger partial charge is 0.339 e. The van der Waals surface area contributed by atoms with E-state index in [4.69, 9.17) is 16.1 Å². The lowest BCUT2D eigenvalue weighted by Crippen LogP contribution is -2.29. The van der Waals surface area contributed by atoms with Gasteiger partial charge in [0, 0.05) is 13.1 Å². The number of nitrogens with zero attached hydrogens (tertiary/aromatic N) is 3. The minimum absolute atomic E-state index is 0.00189. The number of halogens is 2. The molecular formula is C15H15ClFN3O2. The summed E-state index contributed by atoms with van der Waals surface area (Å²) in [6.45, 7) is 4.40. The zero-order valence-electron chi connectivity index (χ0n) is 12.3. The second-order valence-corrected chi connectivity index (χ2v) is 5.85. The van der Waals surface area contributed by atoms with Gasteiger partial charge in [-0.15, -0.1) is 0 Å². The number of benzene rings is 1. The first-order valence-electron chi connectivity index (χ1n) is 7.01. The SMILES string of the molecule is Cc1noc([C@@H]2CCN(C(=O)c3ccc(C)c(Cl)c3F)C2)n1. The van der Waals surface area contributed by atoms with E-state index in [-0.39, 0.29) is 22.4 Å². The summed E-state index contributed by atoms with van der Waals surface area (Å²) in [5, 5.41) is 3.75. The maximum atomic E-state index is 14.2. The van der Waals surface area contributed by atoms with Crippen LogP contribution in [-0.4, -0.2) is 34.0 Å². The molecule has 0 radical (unpaired) electrons. The summed E-state index contributed by atoms with van der Waals surface area (Å²) in [6, 6.07) is 3.12. The molecule has 1 atom stereocenters. The molecule has 1 aliphatic heterocycles. The first kappa shape index (κ1) is 15.0. The van der Waals surface area contributed by atoms with Crippen LogP contribution in [0.3, 0.4) is 0 Å². The number of aryl methyl sites for hydroxylation is 2. The molecule has 1 fully saturated rings. The summed E-state index contributed by atoms with van der Waals surface area (Å²) in [7, 11) is 0. The van der Waals surface area contributed by atoms with Crippen molar-refractivity contribution in [3.63, 3.8) is 0 Å². The molecule has 3 rings (SSSR count). The predicted molar refractivity (Wildman–Crippen MR) is 78.4 cm³/mol. The van der Waals surface area contributed by atoms with E-state index in [1.807, 2.05) is 0 Å². The molecule has 0 N–H and O–H groups in total. The molecule has 116 valence electrons. The minimum Gasteiger partial charge on any atom is -0.339 e. The highest BCUT2D eigenvalue weighted by Crippen LogP contribution is 2.29. The summed E-state index contributed by atoms with van der Waals surface area (Å²) in [5.74, 6) is 0.0577. The average molecular weight is 324 g/mol. The Morgan fingerprint density at radius 1 is 1.45 bits per heavy atom. The van der Waals surface area contributed by atoms with Gasteiger partial charge in [0.2, 0.25) is 5.89 Å². The van der Waals surface area contributed by atoms with E-state index in [1.54, 1.807) is 24.8 Å². The number of carbonyl (C=O) groups excluding carboxylic acids is 1. The van der Waals surface area contributed by atoms with E-state index in [0.717, 1.165) is 0 Å². The Hall–Kier alpha value is -1.95. The van der Waals surface area contributed by atoms with E-state index >= 15 is 0 Å². The molecule has 1 saturated heterocycles. The monoisotopic (exact) mass is 323 g/mol. The van der Waals surface area contributed by atoms with Gasteiger partial charge in [-0.1, -0.05) is 22.8 Å². The first-order chi connectivity index (χ1) is 10.5. The Morgan fingerprint density at radius 3 is 2.91 bits per heavy atom. The maximum absolute atomic E-state index is 14.2. The van der Waals surface area contributed by atoms with Crippen molar-refractivity contribution in [2.45, 2.75) is 26.2 Å². The molecule has 7 heteroatoms. The smallest absolute Gasteiger partial charge is 0.256 e. The van der Waals surface area contributed by atoms with Crippen LogP contribution in [0, 0.1) is 19.7 Å². The van der Waals surface area contributed by atoms with Gasteiger partial charge in [-0.25, -0.2) is 4.39 Å². The fourth-order valence-corrected chi connectivity index (χ4v) is 2.77. The molecule has 1 aromatic carbocycles. The topological polar surface area (TPSA) is 59.2 Å². The summed E-state index contributed by atoms with van der Waals surface area (Å²) in [4.78, 5) is 18.3. The van der Waals surface area contributed by atoms with E-state index in [1.165, 1.54) is 6.07 Å². The molecule has 0 saturated carbocycles. The van der Waals surface area contributed by atoms with Crippen molar-refractivity contribution in [3.8, 4) is 0 Å². The van der Waals surface area contributed by atoms with Gasteiger partial charge in [0.05, 0.1) is 16.5 Å². The molecule has 1 amide bonds. The molecule has 1 aliphatic rings. The average Bonchev–Trinajstić information content (AvgIpc) is 3.13. The highest BCUT2D eigenvalue weighted by atomic mass is 35.5. The maximum Gasteiger partial charge on any atom is 0.256 e. The van der Waals surface area contributed by atoms with E-state index in [9.17, 15) is 9.18 Å². The first-order valence-corrected chi connectivity index (χ1v) is 7.39. The lowest BCUT2D eigenvalue weighted by atomic mass is 10.1. The van der Waals surface area contributed by atoms with Crippen molar-refractivity contribution in [2.24, 2.45) is 0 Å². The number of carbonyl (C=O) groups is 1. The summed E-state index contributed by atoms with van der Waals surface area (Å²) >= 11 is 5.88. The molecule has 5 nitrogen and oxygen atoms in total. The number of amides is 1. The van der Waals surface area contributed by atoms with Crippen LogP contribution in [0.1, 0.15) is 40.0 Å². The van der Waals surface area contributed by atoms with Crippen molar-refractivity contribution in [1.82, 2.24) is 15.0 Å². The third kappa shape index (κ3) is 2.59. The highest BCUT2D eigenvalue weighted by molar-refractivity contribution is 6.31. The predicted octanol–water partition coefficient (Wildman–Crippen LogP) is 3.11. The number of rotatable bonds is 2. The van der Waals surface area contributed by atoms with Gasteiger partial charge in [0.15, 0.2) is 11.6 Å². The molecule has 1 aromatic heterocycles. The molecule has 0 aliphatic carbocycles. The number of hydrogen-bond donors (Lipinski definition) is 0. The zero-order chi connectivity index (χ0) is 15.9. The second-order valence-electron chi connectivity index (χ2n) is 5.47. The van der Waals surface area contributed by atoms with Crippen LogP contribution in [0.15, 0.2) is 16.7 Å². The highest BCUT2D eigenvalue weighted by Gasteiger charge is 2.32. The molecule has 22 heavy (non-hydrogen) atoms. The van der Waals surface area contributed by atoms with Crippen LogP contribution < -0.4 is 0 Å². The third-order valence-corrected chi connectivity index (χ3v) is 4.34. The zero-order valence-corrected chi connectivity index (χ0v) is 13.0. The van der Waals surface area contributed by atoms with Gasteiger partial charge >= 0.3 is 0 Å². The Balaban J connectivity index is 1.78. The number of aromatic nitrogens is 2. The van der Waals surface area contributed by atoms with Crippen LogP contribution in [0.2, 0.25) is 5.02 Å². The Bertz CT molecular complexity index is 732. The van der Waals surface area contributed by atoms with Crippen molar-refractivity contribution < 1.29 is 13.7 Å². The van der Waals surface area contributed by atoms with Crippen molar-refractivity contribution >= 4 is 17.5 Å². The molecule has 0 unspecified atom stereocenters. The van der Waals surface area contributed by atoms with E-state index < -0.39 is 5.82 Å². The van der Waals surface area contributed by atoms with Gasteiger partial charge in [0.25, 0.3) is 5.91 Å². The lowest BCUT2D eigenvalue weighted by molar-refractivity contribution is 0.0785. The van der Waals surface area contributed by atoms with Gasteiger partial charge in [-0.05, 0) is 31.9 Å². The standard InChI is InChI=1S/C15H15ClFN3O2/c1-8-3-4-11(13(17)12(8)16)15(21)20-6-5-10(7-20)14-18-9(2)19-22-14/h3-4,10H,5-7H2,1-2H3/t10-/m1/s1. The van der Waals surface area contributed by atoms with Crippen molar-refractivity contribution in [1.29, 1.82) is 0 Å². The van der Waals surface area contributed by atoms with E-state index in [2.05, 4.69) is 10.1 Å². The van der Waals surface area contributed by atoms with Gasteiger partial charge < -0.3 is 9.42 Å². The van der Waals surface area contributed by atoms with Gasteiger partial charge in [0.1, 0.15) is 0 Å². The molecule has 2 aromatic rings. The quantitative estimate of drug-likeness (QED) is 0.852. The summed E-state index contributed by atoms with van der Waals surface area (Å²) in [5.41, 5.74) is 0.606. The summed E-state index contributed by atoms with van der Waals surface area (Å²) in [6.07, 6.45) is 0.717. The Morgan fingerprint density at radius 2 is 2.23 bits per heavy atom.